The Kier molecular flexibility index (Phi) is 8.78. The smallest absolute Gasteiger partial charge is 0.138 e. The molecule has 0 bridgehead atoms. The number of para-hydroxylation sites is 2. The molecule has 1 unspecified atom stereocenters. The van der Waals surface area contributed by atoms with E-state index in [0.29, 0.717) is 0 Å². The van der Waals surface area contributed by atoms with Crippen molar-refractivity contribution >= 4 is 34.0 Å². The second-order valence-electron chi connectivity index (χ2n) is 12.5. The van der Waals surface area contributed by atoms with E-state index in [0.717, 1.165) is 80.9 Å². The first-order valence-electron chi connectivity index (χ1n) is 16.8. The summed E-state index contributed by atoms with van der Waals surface area (Å²) in [6.45, 7) is 16.9. The Morgan fingerprint density at radius 3 is 2.47 bits per heavy atom. The van der Waals surface area contributed by atoms with Gasteiger partial charge in [-0.05, 0) is 71.9 Å². The van der Waals surface area contributed by atoms with E-state index in [9.17, 15) is 0 Å². The summed E-state index contributed by atoms with van der Waals surface area (Å²) in [7, 11) is 2.16. The lowest BCUT2D eigenvalue weighted by Gasteiger charge is -2.26. The quantitative estimate of drug-likeness (QED) is 0.149. The molecule has 4 nitrogen and oxygen atoms in total. The van der Waals surface area contributed by atoms with Gasteiger partial charge in [0.25, 0.3) is 0 Å². The minimum Gasteiger partial charge on any atom is -0.456 e. The van der Waals surface area contributed by atoms with Gasteiger partial charge in [-0.15, -0.1) is 13.2 Å². The van der Waals surface area contributed by atoms with Gasteiger partial charge in [0.1, 0.15) is 11.3 Å². The van der Waals surface area contributed by atoms with Gasteiger partial charge in [-0.1, -0.05) is 104 Å². The normalized spacial score (nSPS) is 15.3. The second kappa shape index (κ2) is 13.6. The number of fused-ring (bicyclic) bond motifs is 4. The molecule has 4 aromatic carbocycles. The summed E-state index contributed by atoms with van der Waals surface area (Å²) in [4.78, 5) is 2.32. The number of anilines is 2. The van der Waals surface area contributed by atoms with Crippen molar-refractivity contribution in [2.24, 2.45) is 0 Å². The average molecular weight is 640 g/mol. The van der Waals surface area contributed by atoms with Crippen molar-refractivity contribution in [2.45, 2.75) is 25.3 Å². The Morgan fingerprint density at radius 1 is 0.939 bits per heavy atom. The summed E-state index contributed by atoms with van der Waals surface area (Å²) in [5.41, 5.74) is 13.3. The molecule has 4 heteroatoms. The summed E-state index contributed by atoms with van der Waals surface area (Å²) >= 11 is 0. The van der Waals surface area contributed by atoms with Gasteiger partial charge in [-0.25, -0.2) is 0 Å². The van der Waals surface area contributed by atoms with Gasteiger partial charge < -0.3 is 20.0 Å². The highest BCUT2D eigenvalue weighted by atomic mass is 16.3. The first kappa shape index (κ1) is 31.6. The fourth-order valence-corrected chi connectivity index (χ4v) is 6.74. The largest absolute Gasteiger partial charge is 0.456 e. The lowest BCUT2D eigenvalue weighted by Crippen LogP contribution is -2.28. The standard InChI is InChI=1S/C45H41N3O/c1-6-15-35(7-2)46-31(4)41-29-44-45(38-19-12-14-21-43(38)49-44)30(3)39-28-34(26-27-40(39)47-41)32-22-24-33(25-23-32)37-18-11-13-20-42(37)48(5)36-16-9-8-10-17-36/h6-9,11-14,16,18-29,35,46-47H,1-4,10,15,17H2,5H3/b41-29-. The van der Waals surface area contributed by atoms with Crippen LogP contribution >= 0.6 is 0 Å². The number of furan rings is 1. The molecule has 0 spiro atoms. The molecule has 49 heavy (non-hydrogen) atoms. The second-order valence-corrected chi connectivity index (χ2v) is 12.5. The Bertz CT molecular complexity index is 2190. The van der Waals surface area contributed by atoms with Crippen LogP contribution in [-0.4, -0.2) is 13.1 Å². The van der Waals surface area contributed by atoms with Crippen LogP contribution in [0.3, 0.4) is 0 Å². The minimum absolute atomic E-state index is 0.00179. The summed E-state index contributed by atoms with van der Waals surface area (Å²) in [5.74, 6) is 0.736. The molecule has 0 radical (unpaired) electrons. The predicted molar refractivity (Wildman–Crippen MR) is 209 cm³/mol. The molecule has 1 aliphatic heterocycles. The highest BCUT2D eigenvalue weighted by Crippen LogP contribution is 2.42. The maximum absolute atomic E-state index is 6.41. The Hall–Kier alpha value is -6.00. The summed E-state index contributed by atoms with van der Waals surface area (Å²) < 4.78 is 6.41. The van der Waals surface area contributed by atoms with Crippen LogP contribution in [0.5, 0.6) is 0 Å². The van der Waals surface area contributed by atoms with Crippen LogP contribution in [0.1, 0.15) is 36.1 Å². The van der Waals surface area contributed by atoms with Crippen molar-refractivity contribution in [1.29, 1.82) is 0 Å². The van der Waals surface area contributed by atoms with E-state index in [1.165, 1.54) is 22.5 Å². The summed E-state index contributed by atoms with van der Waals surface area (Å²) in [5, 5.41) is 8.16. The zero-order chi connectivity index (χ0) is 33.9. The fourth-order valence-electron chi connectivity index (χ4n) is 6.74. The number of rotatable bonds is 10. The fraction of sp³-hybridized carbons (Fsp3) is 0.111. The number of benzene rings is 4. The highest BCUT2D eigenvalue weighted by molar-refractivity contribution is 6.02. The highest BCUT2D eigenvalue weighted by Gasteiger charge is 2.23. The molecule has 2 aliphatic rings. The van der Waals surface area contributed by atoms with Crippen molar-refractivity contribution in [3.63, 3.8) is 0 Å². The Morgan fingerprint density at radius 2 is 1.69 bits per heavy atom. The van der Waals surface area contributed by atoms with Crippen molar-refractivity contribution in [2.75, 3.05) is 17.3 Å². The van der Waals surface area contributed by atoms with Gasteiger partial charge in [0, 0.05) is 58.3 Å². The molecule has 0 saturated heterocycles. The van der Waals surface area contributed by atoms with E-state index >= 15 is 0 Å². The molecule has 5 aromatic rings. The third-order valence-electron chi connectivity index (χ3n) is 9.42. The molecule has 242 valence electrons. The van der Waals surface area contributed by atoms with Gasteiger partial charge in [-0.3, -0.25) is 0 Å². The van der Waals surface area contributed by atoms with E-state index < -0.39 is 0 Å². The van der Waals surface area contributed by atoms with E-state index in [-0.39, 0.29) is 6.04 Å². The van der Waals surface area contributed by atoms with E-state index in [1.807, 2.05) is 36.4 Å². The number of hydrogen-bond acceptors (Lipinski definition) is 4. The molecule has 1 atom stereocenters. The number of allylic oxidation sites excluding steroid dienone is 4. The Labute approximate surface area is 289 Å². The van der Waals surface area contributed by atoms with Crippen molar-refractivity contribution in [3.05, 3.63) is 182 Å². The zero-order valence-electron chi connectivity index (χ0n) is 28.0. The molecule has 7 rings (SSSR count). The average Bonchev–Trinajstić information content (AvgIpc) is 3.51. The van der Waals surface area contributed by atoms with Crippen molar-refractivity contribution < 1.29 is 4.42 Å². The first-order chi connectivity index (χ1) is 23.9. The third-order valence-corrected chi connectivity index (χ3v) is 9.42. The van der Waals surface area contributed by atoms with Crippen LogP contribution in [0.4, 0.5) is 11.4 Å². The van der Waals surface area contributed by atoms with Crippen molar-refractivity contribution in [1.82, 2.24) is 5.32 Å². The van der Waals surface area contributed by atoms with Gasteiger partial charge >= 0.3 is 0 Å². The summed E-state index contributed by atoms with van der Waals surface area (Å²) in [6, 6.07) is 32.1. The minimum atomic E-state index is 0.00179. The third kappa shape index (κ3) is 6.21. The number of nitrogens with zero attached hydrogens (tertiary/aromatic N) is 1. The molecule has 2 heterocycles. The maximum Gasteiger partial charge on any atom is 0.138 e. The molecule has 0 saturated carbocycles. The lowest BCUT2D eigenvalue weighted by molar-refractivity contribution is 0.602. The maximum atomic E-state index is 6.41. The van der Waals surface area contributed by atoms with E-state index in [2.05, 4.69) is 140 Å². The van der Waals surface area contributed by atoms with E-state index in [4.69, 9.17) is 4.42 Å². The van der Waals surface area contributed by atoms with Crippen molar-refractivity contribution in [3.8, 4) is 22.3 Å². The number of nitrogens with one attached hydrogen (secondary N) is 2. The van der Waals surface area contributed by atoms with Gasteiger partial charge in [0.2, 0.25) is 0 Å². The zero-order valence-corrected chi connectivity index (χ0v) is 28.0. The van der Waals surface area contributed by atoms with Crippen LogP contribution in [0.15, 0.2) is 169 Å². The predicted octanol–water partition coefficient (Wildman–Crippen LogP) is 11.5. The molecule has 0 amide bonds. The lowest BCUT2D eigenvalue weighted by atomic mass is 9.90. The Balaban J connectivity index is 1.26. The summed E-state index contributed by atoms with van der Waals surface area (Å²) in [6.07, 6.45) is 15.2. The molecular weight excluding hydrogens is 599 g/mol. The van der Waals surface area contributed by atoms with Crippen LogP contribution in [0.25, 0.3) is 44.9 Å². The molecule has 1 aromatic heterocycles. The van der Waals surface area contributed by atoms with Gasteiger partial charge in [0.15, 0.2) is 0 Å². The van der Waals surface area contributed by atoms with Crippen LogP contribution in [-0.2, 0) is 0 Å². The topological polar surface area (TPSA) is 40.4 Å². The number of hydrogen-bond donors (Lipinski definition) is 2. The van der Waals surface area contributed by atoms with E-state index in [1.54, 1.807) is 0 Å². The monoisotopic (exact) mass is 639 g/mol. The van der Waals surface area contributed by atoms with Gasteiger partial charge in [0.05, 0.1) is 11.4 Å². The SMILES string of the molecule is C=CCC(C=C)NC(=C)/C1=C/c2oc3ccccc3c2C(=C)c2cc(-c3ccc(-c4ccccc4N(C)C4=CC=CCC4)cc3)ccc2N1. The molecule has 2 N–H and O–H groups in total. The molecule has 1 aliphatic carbocycles. The molecular formula is C45H41N3O. The first-order valence-corrected chi connectivity index (χ1v) is 16.8. The van der Waals surface area contributed by atoms with Crippen LogP contribution < -0.4 is 15.5 Å². The van der Waals surface area contributed by atoms with Crippen LogP contribution in [0.2, 0.25) is 0 Å². The van der Waals surface area contributed by atoms with Crippen LogP contribution in [0, 0.1) is 0 Å². The van der Waals surface area contributed by atoms with Gasteiger partial charge in [-0.2, -0.15) is 0 Å². The molecule has 0 fully saturated rings.